The Hall–Kier alpha value is -0.680. The lowest BCUT2D eigenvalue weighted by molar-refractivity contribution is 0.296. The fourth-order valence-corrected chi connectivity index (χ4v) is 1.22. The van der Waals surface area contributed by atoms with Crippen LogP contribution in [0.15, 0.2) is 0 Å². The molecule has 0 unspecified atom stereocenters. The fraction of sp³-hybridized carbons (Fsp3) is 0.400. The SMILES string of the molecule is Nc1nc(CCO)c(F)s1. The van der Waals surface area contributed by atoms with E-state index in [0.29, 0.717) is 0 Å². The molecule has 0 aliphatic carbocycles. The van der Waals surface area contributed by atoms with Crippen molar-refractivity contribution in [3.63, 3.8) is 0 Å². The highest BCUT2D eigenvalue weighted by molar-refractivity contribution is 7.13. The number of aliphatic hydroxyl groups is 1. The number of aromatic nitrogens is 1. The zero-order valence-corrected chi connectivity index (χ0v) is 5.99. The highest BCUT2D eigenvalue weighted by Gasteiger charge is 2.06. The molecule has 0 amide bonds. The summed E-state index contributed by atoms with van der Waals surface area (Å²) in [6, 6.07) is 0. The summed E-state index contributed by atoms with van der Waals surface area (Å²) < 4.78 is 12.6. The normalized spacial score (nSPS) is 10.2. The predicted molar refractivity (Wildman–Crippen MR) is 37.3 cm³/mol. The summed E-state index contributed by atoms with van der Waals surface area (Å²) in [6.07, 6.45) is 0.236. The summed E-state index contributed by atoms with van der Waals surface area (Å²) in [5, 5.41) is 8.22. The van der Waals surface area contributed by atoms with Crippen LogP contribution in [0.3, 0.4) is 0 Å². The van der Waals surface area contributed by atoms with Gasteiger partial charge in [0.2, 0.25) is 5.13 Å². The zero-order valence-electron chi connectivity index (χ0n) is 5.17. The van der Waals surface area contributed by atoms with Crippen LogP contribution >= 0.6 is 11.3 Å². The van der Waals surface area contributed by atoms with Crippen LogP contribution < -0.4 is 5.73 Å². The van der Waals surface area contributed by atoms with Crippen LogP contribution in [-0.2, 0) is 6.42 Å². The van der Waals surface area contributed by atoms with E-state index in [2.05, 4.69) is 4.98 Å². The van der Waals surface area contributed by atoms with Crippen LogP contribution in [0.25, 0.3) is 0 Å². The number of aliphatic hydroxyl groups excluding tert-OH is 1. The summed E-state index contributed by atoms with van der Waals surface area (Å²) in [7, 11) is 0. The fourth-order valence-electron chi connectivity index (χ4n) is 0.611. The molecule has 56 valence electrons. The number of nitrogens with zero attached hydrogens (tertiary/aromatic N) is 1. The molecular weight excluding hydrogens is 155 g/mol. The van der Waals surface area contributed by atoms with E-state index in [1.165, 1.54) is 0 Å². The highest BCUT2D eigenvalue weighted by atomic mass is 32.1. The van der Waals surface area contributed by atoms with Gasteiger partial charge in [0.25, 0.3) is 0 Å². The molecule has 1 rings (SSSR count). The number of hydrogen-bond donors (Lipinski definition) is 2. The minimum atomic E-state index is -0.397. The van der Waals surface area contributed by atoms with Crippen LogP contribution in [0.4, 0.5) is 9.52 Å². The molecule has 3 N–H and O–H groups in total. The molecule has 1 aromatic rings. The third-order valence-electron chi connectivity index (χ3n) is 1.01. The number of rotatable bonds is 2. The Labute approximate surface area is 61.3 Å². The van der Waals surface area contributed by atoms with Gasteiger partial charge in [-0.05, 0) is 0 Å². The Morgan fingerprint density at radius 1 is 1.70 bits per heavy atom. The molecule has 1 heterocycles. The molecule has 0 spiro atoms. The third kappa shape index (κ3) is 1.43. The van der Waals surface area contributed by atoms with Crippen molar-refractivity contribution < 1.29 is 9.50 Å². The molecule has 5 heteroatoms. The lowest BCUT2D eigenvalue weighted by atomic mass is 10.4. The van der Waals surface area contributed by atoms with Crippen LogP contribution in [0.5, 0.6) is 0 Å². The molecule has 0 aliphatic heterocycles. The second-order valence-corrected chi connectivity index (χ2v) is 2.73. The average molecular weight is 162 g/mol. The second-order valence-electron chi connectivity index (χ2n) is 1.75. The topological polar surface area (TPSA) is 59.1 Å². The van der Waals surface area contributed by atoms with Gasteiger partial charge < -0.3 is 10.8 Å². The molecule has 0 atom stereocenters. The summed E-state index contributed by atoms with van der Waals surface area (Å²) in [6.45, 7) is -0.0971. The minimum absolute atomic E-state index is 0.0971. The molecule has 3 nitrogen and oxygen atoms in total. The summed E-state index contributed by atoms with van der Waals surface area (Å²) in [4.78, 5) is 3.66. The van der Waals surface area contributed by atoms with Crippen molar-refractivity contribution in [2.45, 2.75) is 6.42 Å². The number of nitrogen functional groups attached to an aromatic ring is 1. The first kappa shape index (κ1) is 7.43. The zero-order chi connectivity index (χ0) is 7.56. The molecule has 0 radical (unpaired) electrons. The maximum absolute atomic E-state index is 12.6. The quantitative estimate of drug-likeness (QED) is 0.661. The van der Waals surface area contributed by atoms with Gasteiger partial charge in [-0.2, -0.15) is 4.39 Å². The molecule has 0 aliphatic rings. The van der Waals surface area contributed by atoms with Gasteiger partial charge in [-0.1, -0.05) is 11.3 Å². The second kappa shape index (κ2) is 2.94. The van der Waals surface area contributed by atoms with Gasteiger partial charge in [0.15, 0.2) is 5.13 Å². The highest BCUT2D eigenvalue weighted by Crippen LogP contribution is 2.17. The van der Waals surface area contributed by atoms with Gasteiger partial charge in [-0.25, -0.2) is 4.98 Å². The lowest BCUT2D eigenvalue weighted by Gasteiger charge is -1.87. The number of anilines is 1. The summed E-state index contributed by atoms with van der Waals surface area (Å²) >= 11 is 0.798. The number of nitrogens with two attached hydrogens (primary N) is 1. The maximum Gasteiger partial charge on any atom is 0.201 e. The minimum Gasteiger partial charge on any atom is -0.396 e. The van der Waals surface area contributed by atoms with Crippen LogP contribution in [0.2, 0.25) is 0 Å². The number of hydrogen-bond acceptors (Lipinski definition) is 4. The molecule has 1 aromatic heterocycles. The van der Waals surface area contributed by atoms with E-state index in [0.717, 1.165) is 11.3 Å². The van der Waals surface area contributed by atoms with Crippen molar-refractivity contribution in [3.05, 3.63) is 10.8 Å². The lowest BCUT2D eigenvalue weighted by Crippen LogP contribution is -1.93. The Balaban J connectivity index is 2.81. The van der Waals surface area contributed by atoms with E-state index in [-0.39, 0.29) is 23.9 Å². The van der Waals surface area contributed by atoms with Crippen LogP contribution in [0.1, 0.15) is 5.69 Å². The summed E-state index contributed by atoms with van der Waals surface area (Å²) in [5.74, 6) is 0. The van der Waals surface area contributed by atoms with Crippen molar-refractivity contribution in [1.29, 1.82) is 0 Å². The largest absolute Gasteiger partial charge is 0.396 e. The first-order valence-corrected chi connectivity index (χ1v) is 3.57. The molecule has 10 heavy (non-hydrogen) atoms. The van der Waals surface area contributed by atoms with Gasteiger partial charge in [-0.15, -0.1) is 0 Å². The van der Waals surface area contributed by atoms with Crippen molar-refractivity contribution >= 4 is 16.5 Å². The van der Waals surface area contributed by atoms with Gasteiger partial charge in [0.1, 0.15) is 0 Å². The van der Waals surface area contributed by atoms with Crippen LogP contribution in [0, 0.1) is 5.13 Å². The molecule has 0 fully saturated rings. The van der Waals surface area contributed by atoms with Crippen molar-refractivity contribution in [2.75, 3.05) is 12.3 Å². The van der Waals surface area contributed by atoms with Crippen molar-refractivity contribution in [2.24, 2.45) is 0 Å². The Morgan fingerprint density at radius 2 is 2.40 bits per heavy atom. The first-order valence-electron chi connectivity index (χ1n) is 2.75. The molecule has 0 bridgehead atoms. The number of halogens is 1. The third-order valence-corrected chi connectivity index (χ3v) is 1.73. The standard InChI is InChI=1S/C5H7FN2OS/c6-4-3(1-2-9)8-5(7)10-4/h9H,1-2H2,(H2,7,8). The molecule has 0 aromatic carbocycles. The van der Waals surface area contributed by atoms with E-state index in [4.69, 9.17) is 10.8 Å². The van der Waals surface area contributed by atoms with Crippen LogP contribution in [-0.4, -0.2) is 16.7 Å². The molecular formula is C5H7FN2OS. The van der Waals surface area contributed by atoms with E-state index < -0.39 is 5.13 Å². The smallest absolute Gasteiger partial charge is 0.201 e. The number of thiazole rings is 1. The monoisotopic (exact) mass is 162 g/mol. The van der Waals surface area contributed by atoms with Gasteiger partial charge in [-0.3, -0.25) is 0 Å². The van der Waals surface area contributed by atoms with Crippen molar-refractivity contribution in [1.82, 2.24) is 4.98 Å². The van der Waals surface area contributed by atoms with Gasteiger partial charge >= 0.3 is 0 Å². The first-order chi connectivity index (χ1) is 4.74. The van der Waals surface area contributed by atoms with Gasteiger partial charge in [0, 0.05) is 13.0 Å². The molecule has 0 saturated carbocycles. The summed E-state index contributed by atoms with van der Waals surface area (Å²) in [5.41, 5.74) is 5.45. The Bertz CT molecular complexity index is 225. The predicted octanol–water partition coefficient (Wildman–Crippen LogP) is 0.399. The van der Waals surface area contributed by atoms with Gasteiger partial charge in [0.05, 0.1) is 5.69 Å². The van der Waals surface area contributed by atoms with E-state index in [9.17, 15) is 4.39 Å². The maximum atomic E-state index is 12.6. The molecule has 0 saturated heterocycles. The van der Waals surface area contributed by atoms with E-state index >= 15 is 0 Å². The van der Waals surface area contributed by atoms with E-state index in [1.54, 1.807) is 0 Å². The van der Waals surface area contributed by atoms with E-state index in [1.807, 2.05) is 0 Å². The van der Waals surface area contributed by atoms with Crippen molar-refractivity contribution in [3.8, 4) is 0 Å². The Morgan fingerprint density at radius 3 is 2.80 bits per heavy atom. The Kier molecular flexibility index (Phi) is 2.18. The average Bonchev–Trinajstić information content (AvgIpc) is 2.13.